The molecule has 0 radical (unpaired) electrons. The lowest BCUT2D eigenvalue weighted by Crippen LogP contribution is -2.20. The number of nitrogens with one attached hydrogen (secondary N) is 1. The van der Waals surface area contributed by atoms with Gasteiger partial charge in [-0.05, 0) is 59.5 Å². The van der Waals surface area contributed by atoms with E-state index in [9.17, 15) is 18.3 Å². The molecule has 31 heavy (non-hydrogen) atoms. The molecule has 0 aromatic heterocycles. The molecule has 160 valence electrons. The van der Waals surface area contributed by atoms with Gasteiger partial charge in [-0.1, -0.05) is 48.5 Å². The Kier molecular flexibility index (Phi) is 6.00. The number of aromatic hydroxyl groups is 1. The molecule has 0 unspecified atom stereocenters. The molecule has 0 saturated heterocycles. The number of hydrogen-bond donors (Lipinski definition) is 2. The summed E-state index contributed by atoms with van der Waals surface area (Å²) in [7, 11) is 0. The summed E-state index contributed by atoms with van der Waals surface area (Å²) >= 11 is 0. The molecule has 6 heteroatoms. The number of phenols is 1. The monoisotopic (exact) mass is 425 g/mol. The molecule has 4 rings (SSSR count). The highest BCUT2D eigenvalue weighted by molar-refractivity contribution is 5.76. The lowest BCUT2D eigenvalue weighted by Gasteiger charge is -2.20. The molecule has 1 heterocycles. The van der Waals surface area contributed by atoms with Crippen LogP contribution in [0.15, 0.2) is 72.8 Å². The van der Waals surface area contributed by atoms with Crippen LogP contribution < -0.4 is 10.1 Å². The van der Waals surface area contributed by atoms with Crippen molar-refractivity contribution < 1.29 is 23.0 Å². The molecule has 0 aliphatic carbocycles. The summed E-state index contributed by atoms with van der Waals surface area (Å²) in [6.45, 7) is 1.56. The van der Waals surface area contributed by atoms with E-state index in [1.807, 2.05) is 24.3 Å². The molecule has 0 fully saturated rings. The van der Waals surface area contributed by atoms with Gasteiger partial charge in [-0.2, -0.15) is 13.2 Å². The number of hydrogen-bond acceptors (Lipinski definition) is 3. The quantitative estimate of drug-likeness (QED) is 0.524. The van der Waals surface area contributed by atoms with Crippen LogP contribution >= 0.6 is 0 Å². The van der Waals surface area contributed by atoms with Crippen LogP contribution in [0.3, 0.4) is 0 Å². The molecular weight excluding hydrogens is 403 g/mol. The van der Waals surface area contributed by atoms with Crippen molar-refractivity contribution >= 4 is 5.57 Å². The van der Waals surface area contributed by atoms with Gasteiger partial charge in [-0.25, -0.2) is 0 Å². The van der Waals surface area contributed by atoms with E-state index in [1.54, 1.807) is 18.2 Å². The van der Waals surface area contributed by atoms with Gasteiger partial charge in [-0.15, -0.1) is 0 Å². The predicted octanol–water partition coefficient (Wildman–Crippen LogP) is 6.03. The smallest absolute Gasteiger partial charge is 0.419 e. The van der Waals surface area contributed by atoms with Gasteiger partial charge in [0.2, 0.25) is 0 Å². The van der Waals surface area contributed by atoms with Crippen molar-refractivity contribution in [3.63, 3.8) is 0 Å². The average molecular weight is 425 g/mol. The first-order chi connectivity index (χ1) is 14.9. The summed E-state index contributed by atoms with van der Waals surface area (Å²) in [6, 6.07) is 17.9. The summed E-state index contributed by atoms with van der Waals surface area (Å²) in [5.41, 5.74) is 3.49. The van der Waals surface area contributed by atoms with Crippen molar-refractivity contribution in [3.05, 3.63) is 89.5 Å². The van der Waals surface area contributed by atoms with Crippen molar-refractivity contribution in [2.24, 2.45) is 0 Å². The Balaban J connectivity index is 1.72. The second-order valence-corrected chi connectivity index (χ2v) is 7.36. The van der Waals surface area contributed by atoms with Crippen LogP contribution in [0.25, 0.3) is 16.7 Å². The van der Waals surface area contributed by atoms with Gasteiger partial charge in [0.1, 0.15) is 18.1 Å². The lowest BCUT2D eigenvalue weighted by molar-refractivity contribution is -0.139. The Bertz CT molecular complexity index is 1110. The molecule has 0 bridgehead atoms. The molecule has 0 amide bonds. The van der Waals surface area contributed by atoms with E-state index in [4.69, 9.17) is 4.74 Å². The molecule has 1 aliphatic rings. The first-order valence-electron chi connectivity index (χ1n) is 10.0. The first-order valence-corrected chi connectivity index (χ1v) is 10.0. The van der Waals surface area contributed by atoms with E-state index in [2.05, 4.69) is 11.4 Å². The summed E-state index contributed by atoms with van der Waals surface area (Å²) in [6.07, 6.45) is -1.58. The van der Waals surface area contributed by atoms with Gasteiger partial charge in [0.15, 0.2) is 0 Å². The molecule has 3 aromatic carbocycles. The van der Waals surface area contributed by atoms with Crippen LogP contribution in [-0.2, 0) is 12.8 Å². The highest BCUT2D eigenvalue weighted by Gasteiger charge is 2.34. The number of halogens is 3. The van der Waals surface area contributed by atoms with Gasteiger partial charge in [0, 0.05) is 12.1 Å². The maximum absolute atomic E-state index is 13.4. The summed E-state index contributed by atoms with van der Waals surface area (Å²) in [5.74, 6) is -0.0566. The standard InChI is InChI=1S/C25H22F3NO2/c26-25(27,28)22-6-2-4-8-24(22)31-16-19-15-18(21-5-1-3-7-23(21)30)9-10-20(19)17-11-13-29-14-12-17/h1-11,15,29-30H,12-14,16H2. The van der Waals surface area contributed by atoms with E-state index >= 15 is 0 Å². The van der Waals surface area contributed by atoms with E-state index in [0.717, 1.165) is 47.8 Å². The van der Waals surface area contributed by atoms with E-state index < -0.39 is 11.7 Å². The summed E-state index contributed by atoms with van der Waals surface area (Å²) < 4.78 is 45.7. The van der Waals surface area contributed by atoms with Gasteiger partial charge >= 0.3 is 6.18 Å². The van der Waals surface area contributed by atoms with Crippen LogP contribution in [0.4, 0.5) is 13.2 Å². The van der Waals surface area contributed by atoms with E-state index in [-0.39, 0.29) is 18.1 Å². The Morgan fingerprint density at radius 2 is 1.71 bits per heavy atom. The van der Waals surface area contributed by atoms with Crippen molar-refractivity contribution in [2.75, 3.05) is 13.1 Å². The zero-order valence-electron chi connectivity index (χ0n) is 16.7. The summed E-state index contributed by atoms with van der Waals surface area (Å²) in [5, 5.41) is 13.5. The predicted molar refractivity (Wildman–Crippen MR) is 115 cm³/mol. The molecule has 0 spiro atoms. The number of alkyl halides is 3. The third-order valence-corrected chi connectivity index (χ3v) is 5.31. The Morgan fingerprint density at radius 3 is 2.45 bits per heavy atom. The van der Waals surface area contributed by atoms with Gasteiger partial charge in [0.25, 0.3) is 0 Å². The number of para-hydroxylation sites is 2. The Labute approximate surface area is 178 Å². The molecule has 3 aromatic rings. The topological polar surface area (TPSA) is 41.5 Å². The SMILES string of the molecule is Oc1ccccc1-c1ccc(C2=CCNCC2)c(COc2ccccc2C(F)(F)F)c1. The molecule has 0 saturated carbocycles. The minimum absolute atomic E-state index is 0.0192. The zero-order valence-corrected chi connectivity index (χ0v) is 16.7. The second kappa shape index (κ2) is 8.86. The van der Waals surface area contributed by atoms with E-state index in [0.29, 0.717) is 5.56 Å². The fourth-order valence-corrected chi connectivity index (χ4v) is 3.76. The van der Waals surface area contributed by atoms with Crippen molar-refractivity contribution in [1.82, 2.24) is 5.32 Å². The summed E-state index contributed by atoms with van der Waals surface area (Å²) in [4.78, 5) is 0. The molecule has 2 N–H and O–H groups in total. The largest absolute Gasteiger partial charge is 0.507 e. The number of rotatable bonds is 5. The first kappa shape index (κ1) is 21.0. The Morgan fingerprint density at radius 1 is 0.935 bits per heavy atom. The van der Waals surface area contributed by atoms with Gasteiger partial charge in [0.05, 0.1) is 5.56 Å². The molecule has 1 aliphatic heterocycles. The Hall–Kier alpha value is -3.25. The van der Waals surface area contributed by atoms with Crippen LogP contribution in [0.5, 0.6) is 11.5 Å². The van der Waals surface area contributed by atoms with Crippen LogP contribution in [0.1, 0.15) is 23.1 Å². The average Bonchev–Trinajstić information content (AvgIpc) is 2.78. The van der Waals surface area contributed by atoms with Crippen molar-refractivity contribution in [1.29, 1.82) is 0 Å². The van der Waals surface area contributed by atoms with Crippen molar-refractivity contribution in [3.8, 4) is 22.6 Å². The fourth-order valence-electron chi connectivity index (χ4n) is 3.76. The third-order valence-electron chi connectivity index (χ3n) is 5.31. The maximum Gasteiger partial charge on any atom is 0.419 e. The highest BCUT2D eigenvalue weighted by Crippen LogP contribution is 2.37. The van der Waals surface area contributed by atoms with Crippen molar-refractivity contribution in [2.45, 2.75) is 19.2 Å². The zero-order chi connectivity index (χ0) is 21.8. The number of phenolic OH excluding ortho intramolecular Hbond substituents is 1. The third kappa shape index (κ3) is 4.75. The van der Waals surface area contributed by atoms with Crippen LogP contribution in [0, 0.1) is 0 Å². The molecule has 3 nitrogen and oxygen atoms in total. The minimum Gasteiger partial charge on any atom is -0.507 e. The van der Waals surface area contributed by atoms with Crippen LogP contribution in [-0.4, -0.2) is 18.2 Å². The highest BCUT2D eigenvalue weighted by atomic mass is 19.4. The number of benzene rings is 3. The normalized spacial score (nSPS) is 14.2. The lowest BCUT2D eigenvalue weighted by atomic mass is 9.92. The fraction of sp³-hybridized carbons (Fsp3) is 0.200. The molecule has 0 atom stereocenters. The maximum atomic E-state index is 13.4. The second-order valence-electron chi connectivity index (χ2n) is 7.36. The van der Waals surface area contributed by atoms with E-state index in [1.165, 1.54) is 18.2 Å². The van der Waals surface area contributed by atoms with Gasteiger partial charge < -0.3 is 15.2 Å². The van der Waals surface area contributed by atoms with Crippen LogP contribution in [0.2, 0.25) is 0 Å². The van der Waals surface area contributed by atoms with Gasteiger partial charge in [-0.3, -0.25) is 0 Å². The number of ether oxygens (including phenoxy) is 1. The molecular formula is C25H22F3NO2. The minimum atomic E-state index is -4.49.